The average Bonchev–Trinajstić information content (AvgIpc) is 2.77. The van der Waals surface area contributed by atoms with E-state index in [4.69, 9.17) is 0 Å². The number of sulfonamides is 1. The Hall–Kier alpha value is -1.80. The molecule has 0 atom stereocenters. The maximum absolute atomic E-state index is 12.2. The Morgan fingerprint density at radius 1 is 0.931 bits per heavy atom. The van der Waals surface area contributed by atoms with Crippen molar-refractivity contribution < 1.29 is 8.42 Å². The third kappa shape index (κ3) is 7.51. The molecule has 1 aliphatic carbocycles. The van der Waals surface area contributed by atoms with Crippen LogP contribution in [0.5, 0.6) is 0 Å². The van der Waals surface area contributed by atoms with Gasteiger partial charge in [0.1, 0.15) is 4.90 Å². The third-order valence-electron chi connectivity index (χ3n) is 5.33. The Morgan fingerprint density at radius 3 is 2.34 bits per heavy atom. The van der Waals surface area contributed by atoms with E-state index < -0.39 is 10.0 Å². The lowest BCUT2D eigenvalue weighted by Crippen LogP contribution is -2.33. The van der Waals surface area contributed by atoms with Crippen molar-refractivity contribution in [2.75, 3.05) is 13.1 Å². The number of rotatable bonds is 11. The highest BCUT2D eigenvalue weighted by Crippen LogP contribution is 2.17. The van der Waals surface area contributed by atoms with Gasteiger partial charge in [-0.25, -0.2) is 13.1 Å². The quantitative estimate of drug-likeness (QED) is 0.491. The Kier molecular flexibility index (Phi) is 8.61. The highest BCUT2D eigenvalue weighted by Gasteiger charge is 2.13. The number of pyridine rings is 1. The molecular formula is C22H32N4O2S. The molecule has 0 saturated heterocycles. The summed E-state index contributed by atoms with van der Waals surface area (Å²) < 4.78 is 27.1. The Morgan fingerprint density at radius 2 is 1.66 bits per heavy atom. The normalized spacial score (nSPS) is 15.4. The molecule has 7 heteroatoms. The summed E-state index contributed by atoms with van der Waals surface area (Å²) in [7, 11) is -3.53. The van der Waals surface area contributed by atoms with Crippen molar-refractivity contribution in [3.8, 4) is 0 Å². The molecule has 0 unspecified atom stereocenters. The van der Waals surface area contributed by atoms with Crippen LogP contribution < -0.4 is 15.4 Å². The van der Waals surface area contributed by atoms with E-state index in [9.17, 15) is 8.42 Å². The van der Waals surface area contributed by atoms with E-state index in [0.29, 0.717) is 0 Å². The van der Waals surface area contributed by atoms with Crippen LogP contribution in [0.3, 0.4) is 0 Å². The first-order valence-corrected chi connectivity index (χ1v) is 12.0. The second-order valence-electron chi connectivity index (χ2n) is 7.65. The molecule has 1 aromatic heterocycles. The van der Waals surface area contributed by atoms with E-state index in [1.807, 2.05) is 24.3 Å². The van der Waals surface area contributed by atoms with E-state index in [1.165, 1.54) is 49.9 Å². The van der Waals surface area contributed by atoms with Crippen LogP contribution >= 0.6 is 0 Å². The molecule has 1 aliphatic rings. The van der Waals surface area contributed by atoms with Gasteiger partial charge < -0.3 is 10.6 Å². The summed E-state index contributed by atoms with van der Waals surface area (Å²) in [5.41, 5.74) is 2.13. The van der Waals surface area contributed by atoms with Gasteiger partial charge in [0, 0.05) is 31.5 Å². The maximum atomic E-state index is 12.2. The van der Waals surface area contributed by atoms with E-state index in [1.54, 1.807) is 12.3 Å². The molecule has 0 amide bonds. The first-order chi connectivity index (χ1) is 14.1. The lowest BCUT2D eigenvalue weighted by Gasteiger charge is -2.22. The van der Waals surface area contributed by atoms with Gasteiger partial charge in [-0.2, -0.15) is 0 Å². The molecule has 0 spiro atoms. The van der Waals surface area contributed by atoms with Gasteiger partial charge in [-0.1, -0.05) is 43.5 Å². The zero-order valence-corrected chi connectivity index (χ0v) is 17.8. The number of hydrogen-bond acceptors (Lipinski definition) is 5. The molecule has 3 N–H and O–H groups in total. The zero-order valence-electron chi connectivity index (χ0n) is 16.9. The summed E-state index contributed by atoms with van der Waals surface area (Å²) >= 11 is 0. The lowest BCUT2D eigenvalue weighted by atomic mass is 9.95. The molecular weight excluding hydrogens is 384 g/mol. The lowest BCUT2D eigenvalue weighted by molar-refractivity contribution is 0.371. The summed E-state index contributed by atoms with van der Waals surface area (Å²) in [5, 5.41) is 7.14. The molecule has 0 aliphatic heterocycles. The van der Waals surface area contributed by atoms with Crippen LogP contribution in [0.15, 0.2) is 53.7 Å². The van der Waals surface area contributed by atoms with E-state index in [0.717, 1.165) is 37.7 Å². The van der Waals surface area contributed by atoms with Crippen LogP contribution in [-0.2, 0) is 23.1 Å². The van der Waals surface area contributed by atoms with Gasteiger partial charge in [-0.15, -0.1) is 0 Å². The molecule has 1 fully saturated rings. The molecule has 1 aromatic carbocycles. The topological polar surface area (TPSA) is 83.1 Å². The van der Waals surface area contributed by atoms with Crippen molar-refractivity contribution in [3.05, 3.63) is 59.9 Å². The van der Waals surface area contributed by atoms with Crippen LogP contribution in [0.4, 0.5) is 0 Å². The summed E-state index contributed by atoms with van der Waals surface area (Å²) in [6.45, 7) is 3.16. The monoisotopic (exact) mass is 416 g/mol. The summed E-state index contributed by atoms with van der Waals surface area (Å²) in [4.78, 5) is 4.04. The number of nitrogens with one attached hydrogen (secondary N) is 3. The second-order valence-corrected chi connectivity index (χ2v) is 9.42. The number of benzene rings is 1. The van der Waals surface area contributed by atoms with Gasteiger partial charge in [0.25, 0.3) is 0 Å². The summed E-state index contributed by atoms with van der Waals surface area (Å²) in [6.07, 6.45) is 10.8. The Balaban J connectivity index is 1.32. The minimum absolute atomic E-state index is 0.179. The highest BCUT2D eigenvalue weighted by molar-refractivity contribution is 7.89. The smallest absolute Gasteiger partial charge is 0.242 e. The number of aromatic nitrogens is 1. The van der Waals surface area contributed by atoms with Gasteiger partial charge >= 0.3 is 0 Å². The maximum Gasteiger partial charge on any atom is 0.242 e. The number of hydrogen-bond donors (Lipinski definition) is 3. The summed E-state index contributed by atoms with van der Waals surface area (Å²) in [5.74, 6) is 0. The van der Waals surface area contributed by atoms with Crippen molar-refractivity contribution in [1.29, 1.82) is 0 Å². The molecule has 158 valence electrons. The van der Waals surface area contributed by atoms with Crippen LogP contribution in [0.2, 0.25) is 0 Å². The first kappa shape index (κ1) is 21.9. The van der Waals surface area contributed by atoms with E-state index in [2.05, 4.69) is 20.3 Å². The molecule has 1 heterocycles. The fourth-order valence-corrected chi connectivity index (χ4v) is 4.58. The van der Waals surface area contributed by atoms with Crippen molar-refractivity contribution >= 4 is 10.0 Å². The van der Waals surface area contributed by atoms with Crippen LogP contribution in [0.1, 0.15) is 49.7 Å². The Bertz CT molecular complexity index is 820. The zero-order chi connectivity index (χ0) is 20.4. The standard InChI is InChI=1S/C22H32N4O2S/c27-29(28,22-8-4-13-24-18-22)26-17-20-11-9-19(10-12-20)16-23-14-5-15-25-21-6-2-1-3-7-21/h4,8-13,18,21,23,25-26H,1-3,5-7,14-17H2. The SMILES string of the molecule is O=S(=O)(NCc1ccc(CNCCCNC2CCCCC2)cc1)c1cccnc1. The molecule has 29 heavy (non-hydrogen) atoms. The van der Waals surface area contributed by atoms with Crippen molar-refractivity contribution in [1.82, 2.24) is 20.3 Å². The minimum atomic E-state index is -3.53. The molecule has 2 aromatic rings. The van der Waals surface area contributed by atoms with Crippen molar-refractivity contribution in [3.63, 3.8) is 0 Å². The van der Waals surface area contributed by atoms with Gasteiger partial charge in [0.2, 0.25) is 10.0 Å². The van der Waals surface area contributed by atoms with Gasteiger partial charge in [-0.3, -0.25) is 4.98 Å². The molecule has 0 bridgehead atoms. The van der Waals surface area contributed by atoms with Gasteiger partial charge in [0.15, 0.2) is 0 Å². The van der Waals surface area contributed by atoms with Gasteiger partial charge in [-0.05, 0) is 55.6 Å². The second kappa shape index (κ2) is 11.4. The average molecular weight is 417 g/mol. The van der Waals surface area contributed by atoms with Crippen molar-refractivity contribution in [2.45, 2.75) is 62.6 Å². The highest BCUT2D eigenvalue weighted by atomic mass is 32.2. The van der Waals surface area contributed by atoms with Crippen LogP contribution in [0.25, 0.3) is 0 Å². The predicted molar refractivity (Wildman–Crippen MR) is 116 cm³/mol. The molecule has 6 nitrogen and oxygen atoms in total. The largest absolute Gasteiger partial charge is 0.314 e. The van der Waals surface area contributed by atoms with E-state index >= 15 is 0 Å². The van der Waals surface area contributed by atoms with Crippen LogP contribution in [-0.4, -0.2) is 32.5 Å². The van der Waals surface area contributed by atoms with Crippen LogP contribution in [0, 0.1) is 0 Å². The van der Waals surface area contributed by atoms with Crippen molar-refractivity contribution in [2.24, 2.45) is 0 Å². The van der Waals surface area contributed by atoms with Gasteiger partial charge in [0.05, 0.1) is 0 Å². The third-order valence-corrected chi connectivity index (χ3v) is 6.72. The minimum Gasteiger partial charge on any atom is -0.314 e. The summed E-state index contributed by atoms with van der Waals surface area (Å²) in [6, 6.07) is 11.9. The number of nitrogens with zero attached hydrogens (tertiary/aromatic N) is 1. The molecule has 1 saturated carbocycles. The molecule has 0 radical (unpaired) electrons. The first-order valence-electron chi connectivity index (χ1n) is 10.5. The van der Waals surface area contributed by atoms with E-state index in [-0.39, 0.29) is 11.4 Å². The molecule has 3 rings (SSSR count). The predicted octanol–water partition coefficient (Wildman–Crippen LogP) is 2.96. The fraction of sp³-hybridized carbons (Fsp3) is 0.500. The Labute approximate surface area is 174 Å². The fourth-order valence-electron chi connectivity index (χ4n) is 3.60.